The molecule has 1 atom stereocenters. The van der Waals surface area contributed by atoms with E-state index in [0.29, 0.717) is 0 Å². The summed E-state index contributed by atoms with van der Waals surface area (Å²) in [6.45, 7) is 8.91. The lowest BCUT2D eigenvalue weighted by Gasteiger charge is -2.12. The second-order valence-electron chi connectivity index (χ2n) is 3.45. The van der Waals surface area contributed by atoms with E-state index in [0.717, 1.165) is 11.7 Å². The molecule has 0 aromatic rings. The van der Waals surface area contributed by atoms with Crippen molar-refractivity contribution in [1.29, 1.82) is 0 Å². The van der Waals surface area contributed by atoms with Gasteiger partial charge in [-0.25, -0.2) is 0 Å². The van der Waals surface area contributed by atoms with Gasteiger partial charge in [-0.2, -0.15) is 12.6 Å². The van der Waals surface area contributed by atoms with Crippen LogP contribution in [-0.2, 0) is 0 Å². The molecule has 0 nitrogen and oxygen atoms in total. The maximum Gasteiger partial charge on any atom is -0.00977 e. The predicted octanol–water partition coefficient (Wildman–Crippen LogP) is 3.69. The summed E-state index contributed by atoms with van der Waals surface area (Å²) in [5.74, 6) is 1.76. The zero-order valence-electron chi connectivity index (χ0n) is 8.15. The fraction of sp³-hybridized carbons (Fsp3) is 0.800. The Kier molecular flexibility index (Phi) is 5.75. The van der Waals surface area contributed by atoms with E-state index >= 15 is 0 Å². The molecular formula is C10H20S. The SMILES string of the molecule is CC(C)=C(C)[C@@H](C)CCCS. The van der Waals surface area contributed by atoms with Gasteiger partial charge in [0.2, 0.25) is 0 Å². The number of thiol groups is 1. The molecule has 0 aromatic carbocycles. The summed E-state index contributed by atoms with van der Waals surface area (Å²) in [5.41, 5.74) is 3.02. The molecule has 0 aromatic heterocycles. The highest BCUT2D eigenvalue weighted by Crippen LogP contribution is 2.19. The molecule has 0 fully saturated rings. The van der Waals surface area contributed by atoms with Crippen LogP contribution in [0.15, 0.2) is 11.1 Å². The number of hydrogen-bond acceptors (Lipinski definition) is 1. The monoisotopic (exact) mass is 172 g/mol. The van der Waals surface area contributed by atoms with Crippen LogP contribution in [-0.4, -0.2) is 5.75 Å². The van der Waals surface area contributed by atoms with Crippen LogP contribution in [0.3, 0.4) is 0 Å². The van der Waals surface area contributed by atoms with Crippen molar-refractivity contribution in [2.45, 2.75) is 40.5 Å². The Balaban J connectivity index is 3.83. The van der Waals surface area contributed by atoms with E-state index in [1.54, 1.807) is 5.57 Å². The lowest BCUT2D eigenvalue weighted by molar-refractivity contribution is 0.600. The van der Waals surface area contributed by atoms with Crippen molar-refractivity contribution in [3.8, 4) is 0 Å². The Labute approximate surface area is 76.5 Å². The van der Waals surface area contributed by atoms with E-state index in [9.17, 15) is 0 Å². The molecule has 0 aliphatic heterocycles. The van der Waals surface area contributed by atoms with E-state index in [1.807, 2.05) is 0 Å². The Morgan fingerprint density at radius 3 is 2.18 bits per heavy atom. The minimum Gasteiger partial charge on any atom is -0.179 e. The minimum absolute atomic E-state index is 0.743. The van der Waals surface area contributed by atoms with Crippen LogP contribution in [0.1, 0.15) is 40.5 Å². The zero-order chi connectivity index (χ0) is 8.85. The van der Waals surface area contributed by atoms with Crippen molar-refractivity contribution >= 4 is 12.6 Å². The lowest BCUT2D eigenvalue weighted by Crippen LogP contribution is -1.98. The third kappa shape index (κ3) is 4.52. The van der Waals surface area contributed by atoms with Gasteiger partial charge in [0.05, 0.1) is 0 Å². The van der Waals surface area contributed by atoms with Crippen molar-refractivity contribution in [2.24, 2.45) is 5.92 Å². The van der Waals surface area contributed by atoms with Gasteiger partial charge in [-0.3, -0.25) is 0 Å². The quantitative estimate of drug-likeness (QED) is 0.485. The average molecular weight is 172 g/mol. The summed E-state index contributed by atoms with van der Waals surface area (Å²) >= 11 is 4.20. The van der Waals surface area contributed by atoms with Crippen molar-refractivity contribution in [1.82, 2.24) is 0 Å². The van der Waals surface area contributed by atoms with Crippen LogP contribution in [0.25, 0.3) is 0 Å². The number of hydrogen-bond donors (Lipinski definition) is 1. The summed E-state index contributed by atoms with van der Waals surface area (Å²) < 4.78 is 0. The van der Waals surface area contributed by atoms with Crippen molar-refractivity contribution in [2.75, 3.05) is 5.75 Å². The van der Waals surface area contributed by atoms with Crippen LogP contribution >= 0.6 is 12.6 Å². The first-order chi connectivity index (χ1) is 5.09. The predicted molar refractivity (Wildman–Crippen MR) is 56.3 cm³/mol. The Morgan fingerprint density at radius 2 is 1.82 bits per heavy atom. The van der Waals surface area contributed by atoms with Crippen molar-refractivity contribution in [3.63, 3.8) is 0 Å². The van der Waals surface area contributed by atoms with Crippen LogP contribution in [0.2, 0.25) is 0 Å². The highest BCUT2D eigenvalue weighted by Gasteiger charge is 2.03. The summed E-state index contributed by atoms with van der Waals surface area (Å²) in [6.07, 6.45) is 2.51. The molecule has 11 heavy (non-hydrogen) atoms. The molecule has 0 aliphatic rings. The van der Waals surface area contributed by atoms with Gasteiger partial charge in [-0.05, 0) is 45.3 Å². The van der Waals surface area contributed by atoms with Crippen molar-refractivity contribution < 1.29 is 0 Å². The summed E-state index contributed by atoms with van der Waals surface area (Å²) in [7, 11) is 0. The van der Waals surface area contributed by atoms with E-state index in [4.69, 9.17) is 0 Å². The van der Waals surface area contributed by atoms with Gasteiger partial charge >= 0.3 is 0 Å². The highest BCUT2D eigenvalue weighted by molar-refractivity contribution is 7.80. The fourth-order valence-corrected chi connectivity index (χ4v) is 1.29. The lowest BCUT2D eigenvalue weighted by atomic mass is 9.94. The maximum atomic E-state index is 4.20. The number of rotatable bonds is 4. The zero-order valence-corrected chi connectivity index (χ0v) is 9.04. The molecule has 0 heterocycles. The van der Waals surface area contributed by atoms with Crippen LogP contribution < -0.4 is 0 Å². The first-order valence-electron chi connectivity index (χ1n) is 4.34. The molecular weight excluding hydrogens is 152 g/mol. The van der Waals surface area contributed by atoms with E-state index in [1.165, 1.54) is 18.4 Å². The third-order valence-corrected chi connectivity index (χ3v) is 2.64. The topological polar surface area (TPSA) is 0 Å². The molecule has 66 valence electrons. The molecule has 0 saturated heterocycles. The van der Waals surface area contributed by atoms with Gasteiger partial charge in [-0.15, -0.1) is 0 Å². The van der Waals surface area contributed by atoms with Crippen molar-refractivity contribution in [3.05, 3.63) is 11.1 Å². The Bertz CT molecular complexity index is 132. The van der Waals surface area contributed by atoms with E-state index < -0.39 is 0 Å². The third-order valence-electron chi connectivity index (χ3n) is 2.32. The molecule has 0 amide bonds. The van der Waals surface area contributed by atoms with Crippen LogP contribution in [0.5, 0.6) is 0 Å². The molecule has 0 rings (SSSR count). The first kappa shape index (κ1) is 11.1. The smallest absolute Gasteiger partial charge is 0.00977 e. The van der Waals surface area contributed by atoms with Gasteiger partial charge < -0.3 is 0 Å². The Hall–Kier alpha value is 0.0900. The standard InChI is InChI=1S/C10H20S/c1-8(2)10(4)9(3)6-5-7-11/h9,11H,5-7H2,1-4H3/t9-/m0/s1. The van der Waals surface area contributed by atoms with Gasteiger partial charge in [-0.1, -0.05) is 18.1 Å². The maximum absolute atomic E-state index is 4.20. The van der Waals surface area contributed by atoms with Crippen LogP contribution in [0.4, 0.5) is 0 Å². The number of allylic oxidation sites excluding steroid dienone is 2. The molecule has 0 bridgehead atoms. The highest BCUT2D eigenvalue weighted by atomic mass is 32.1. The summed E-state index contributed by atoms with van der Waals surface area (Å²) in [4.78, 5) is 0. The fourth-order valence-electron chi connectivity index (χ4n) is 1.11. The van der Waals surface area contributed by atoms with Crippen LogP contribution in [0, 0.1) is 5.92 Å². The molecule has 0 saturated carbocycles. The Morgan fingerprint density at radius 1 is 1.27 bits per heavy atom. The van der Waals surface area contributed by atoms with Gasteiger partial charge in [0.1, 0.15) is 0 Å². The summed E-state index contributed by atoms with van der Waals surface area (Å²) in [5, 5.41) is 0. The molecule has 0 radical (unpaired) electrons. The molecule has 0 spiro atoms. The molecule has 1 heteroatoms. The molecule has 0 N–H and O–H groups in total. The second-order valence-corrected chi connectivity index (χ2v) is 3.90. The normalized spacial score (nSPS) is 12.8. The van der Waals surface area contributed by atoms with Gasteiger partial charge in [0.25, 0.3) is 0 Å². The first-order valence-corrected chi connectivity index (χ1v) is 4.97. The minimum atomic E-state index is 0.743. The largest absolute Gasteiger partial charge is 0.179 e. The van der Waals surface area contributed by atoms with Gasteiger partial charge in [0.15, 0.2) is 0 Å². The van der Waals surface area contributed by atoms with Gasteiger partial charge in [0, 0.05) is 0 Å². The summed E-state index contributed by atoms with van der Waals surface area (Å²) in [6, 6.07) is 0. The second kappa shape index (κ2) is 5.70. The molecule has 0 unspecified atom stereocenters. The van der Waals surface area contributed by atoms with E-state index in [2.05, 4.69) is 40.3 Å². The average Bonchev–Trinajstić information content (AvgIpc) is 1.98. The molecule has 0 aliphatic carbocycles. The van der Waals surface area contributed by atoms with E-state index in [-0.39, 0.29) is 0 Å².